The largest absolute Gasteiger partial charge is 0.316 e. The van der Waals surface area contributed by atoms with Gasteiger partial charge in [-0.1, -0.05) is 54.6 Å². The molecule has 24 heavy (non-hydrogen) atoms. The molecule has 1 atom stereocenters. The maximum Gasteiger partial charge on any atom is 0.255 e. The van der Waals surface area contributed by atoms with Crippen molar-refractivity contribution in [2.75, 3.05) is 12.3 Å². The smallest absolute Gasteiger partial charge is 0.255 e. The number of rotatable bonds is 1. The van der Waals surface area contributed by atoms with Crippen LogP contribution in [-0.2, 0) is 4.87 Å². The van der Waals surface area contributed by atoms with Crippen LogP contribution in [0.25, 0.3) is 10.8 Å². The highest BCUT2D eigenvalue weighted by molar-refractivity contribution is 8.00. The predicted molar refractivity (Wildman–Crippen MR) is 99.3 cm³/mol. The molecule has 2 aliphatic rings. The van der Waals surface area contributed by atoms with E-state index in [-0.39, 0.29) is 10.8 Å². The van der Waals surface area contributed by atoms with Crippen molar-refractivity contribution in [1.82, 2.24) is 4.90 Å². The quantitative estimate of drug-likeness (QED) is 0.648. The monoisotopic (exact) mass is 331 g/mol. The fraction of sp³-hybridized carbons (Fsp3) is 0.190. The molecule has 0 radical (unpaired) electrons. The highest BCUT2D eigenvalue weighted by Gasteiger charge is 2.52. The Bertz CT molecular complexity index is 967. The molecule has 2 aliphatic heterocycles. The Morgan fingerprint density at radius 1 is 0.917 bits per heavy atom. The van der Waals surface area contributed by atoms with E-state index in [1.165, 1.54) is 16.3 Å². The van der Waals surface area contributed by atoms with E-state index < -0.39 is 0 Å². The van der Waals surface area contributed by atoms with E-state index in [9.17, 15) is 4.79 Å². The molecule has 118 valence electrons. The van der Waals surface area contributed by atoms with Gasteiger partial charge in [0.05, 0.1) is 0 Å². The van der Waals surface area contributed by atoms with Crippen molar-refractivity contribution < 1.29 is 4.79 Å². The first-order valence-corrected chi connectivity index (χ1v) is 9.34. The third-order valence-corrected chi connectivity index (χ3v) is 6.71. The van der Waals surface area contributed by atoms with Crippen molar-refractivity contribution in [2.45, 2.75) is 11.3 Å². The first-order valence-electron chi connectivity index (χ1n) is 8.35. The van der Waals surface area contributed by atoms with E-state index in [0.717, 1.165) is 29.8 Å². The molecule has 5 rings (SSSR count). The summed E-state index contributed by atoms with van der Waals surface area (Å²) in [6.07, 6.45) is 1.06. The fourth-order valence-electron chi connectivity index (χ4n) is 4.05. The summed E-state index contributed by atoms with van der Waals surface area (Å²) in [4.78, 5) is 14.7. The van der Waals surface area contributed by atoms with Crippen LogP contribution in [0.5, 0.6) is 0 Å². The van der Waals surface area contributed by atoms with Crippen LogP contribution in [0.2, 0.25) is 0 Å². The molecule has 0 aromatic heterocycles. The van der Waals surface area contributed by atoms with Crippen molar-refractivity contribution >= 4 is 28.4 Å². The number of hydrogen-bond acceptors (Lipinski definition) is 2. The minimum Gasteiger partial charge on any atom is -0.316 e. The molecule has 2 heterocycles. The molecular formula is C21H17NOS. The highest BCUT2D eigenvalue weighted by Crippen LogP contribution is 2.54. The number of amides is 1. The second-order valence-corrected chi connectivity index (χ2v) is 7.70. The topological polar surface area (TPSA) is 20.3 Å². The molecule has 1 fully saturated rings. The second kappa shape index (κ2) is 5.12. The highest BCUT2D eigenvalue weighted by atomic mass is 32.2. The molecule has 0 N–H and O–H groups in total. The molecule has 1 amide bonds. The minimum absolute atomic E-state index is 0.172. The Balaban J connectivity index is 1.80. The van der Waals surface area contributed by atoms with E-state index in [2.05, 4.69) is 53.4 Å². The van der Waals surface area contributed by atoms with E-state index in [1.807, 2.05) is 30.0 Å². The Morgan fingerprint density at radius 2 is 1.71 bits per heavy atom. The molecule has 1 saturated heterocycles. The van der Waals surface area contributed by atoms with Crippen molar-refractivity contribution in [1.29, 1.82) is 0 Å². The van der Waals surface area contributed by atoms with Crippen molar-refractivity contribution in [3.05, 3.63) is 83.4 Å². The third-order valence-electron chi connectivity index (χ3n) is 5.13. The van der Waals surface area contributed by atoms with Crippen LogP contribution in [0.3, 0.4) is 0 Å². The molecule has 3 heteroatoms. The summed E-state index contributed by atoms with van der Waals surface area (Å²) in [6, 6.07) is 23.2. The zero-order valence-electron chi connectivity index (χ0n) is 13.2. The SMILES string of the molecule is O=C1c2ccccc2C2(c3ccc4ccccc4c3)SCCCN12. The molecule has 0 saturated carbocycles. The molecule has 3 aromatic carbocycles. The third kappa shape index (κ3) is 1.76. The molecule has 0 spiro atoms. The molecule has 0 bridgehead atoms. The van der Waals surface area contributed by atoms with Gasteiger partial charge >= 0.3 is 0 Å². The van der Waals surface area contributed by atoms with Crippen LogP contribution < -0.4 is 0 Å². The second-order valence-electron chi connectivity index (χ2n) is 6.41. The normalized spacial score (nSPS) is 22.5. The summed E-state index contributed by atoms with van der Waals surface area (Å²) in [7, 11) is 0. The van der Waals surface area contributed by atoms with Crippen molar-refractivity contribution in [3.63, 3.8) is 0 Å². The van der Waals surface area contributed by atoms with Crippen LogP contribution >= 0.6 is 11.8 Å². The maximum atomic E-state index is 13.0. The van der Waals surface area contributed by atoms with Gasteiger partial charge in [0.2, 0.25) is 0 Å². The van der Waals surface area contributed by atoms with Gasteiger partial charge in [0.25, 0.3) is 5.91 Å². The summed E-state index contributed by atoms with van der Waals surface area (Å²) >= 11 is 1.89. The molecule has 0 aliphatic carbocycles. The standard InChI is InChI=1S/C21H17NOS/c23-20-18-8-3-4-9-19(18)21(22(20)12-5-13-24-21)17-11-10-15-6-1-2-7-16(15)14-17/h1-4,6-11,14H,5,12-13H2. The minimum atomic E-state index is -0.365. The average Bonchev–Trinajstić information content (AvgIpc) is 2.92. The number of benzene rings is 3. The molecular weight excluding hydrogens is 314 g/mol. The summed E-state index contributed by atoms with van der Waals surface area (Å²) < 4.78 is 0. The number of hydrogen-bond donors (Lipinski definition) is 0. The predicted octanol–water partition coefficient (Wildman–Crippen LogP) is 4.63. The molecule has 1 unspecified atom stereocenters. The van der Waals surface area contributed by atoms with Crippen molar-refractivity contribution in [3.8, 4) is 0 Å². The summed E-state index contributed by atoms with van der Waals surface area (Å²) in [5.41, 5.74) is 3.22. The Kier molecular flexibility index (Phi) is 3.01. The lowest BCUT2D eigenvalue weighted by Crippen LogP contribution is -2.46. The van der Waals surface area contributed by atoms with Gasteiger partial charge in [-0.3, -0.25) is 4.79 Å². The van der Waals surface area contributed by atoms with Crippen LogP contribution in [0, 0.1) is 0 Å². The van der Waals surface area contributed by atoms with Gasteiger partial charge in [-0.25, -0.2) is 0 Å². The molecule has 3 aromatic rings. The maximum absolute atomic E-state index is 13.0. The van der Waals surface area contributed by atoms with E-state index in [4.69, 9.17) is 0 Å². The van der Waals surface area contributed by atoms with Crippen LogP contribution in [-0.4, -0.2) is 23.1 Å². The van der Waals surface area contributed by atoms with E-state index in [1.54, 1.807) is 0 Å². The number of fused-ring (bicyclic) bond motifs is 4. The number of carbonyl (C=O) groups is 1. The number of thioether (sulfide) groups is 1. The first kappa shape index (κ1) is 14.1. The van der Waals surface area contributed by atoms with E-state index >= 15 is 0 Å². The van der Waals surface area contributed by atoms with Crippen LogP contribution in [0.4, 0.5) is 0 Å². The zero-order chi connectivity index (χ0) is 16.1. The van der Waals surface area contributed by atoms with Crippen LogP contribution in [0.1, 0.15) is 27.9 Å². The lowest BCUT2D eigenvalue weighted by Gasteiger charge is -2.42. The van der Waals surface area contributed by atoms with Gasteiger partial charge in [0, 0.05) is 17.7 Å². The van der Waals surface area contributed by atoms with Gasteiger partial charge in [-0.2, -0.15) is 0 Å². The summed E-state index contributed by atoms with van der Waals surface area (Å²) in [5.74, 6) is 1.25. The average molecular weight is 331 g/mol. The lowest BCUT2D eigenvalue weighted by atomic mass is 9.94. The van der Waals surface area contributed by atoms with Gasteiger partial charge in [-0.05, 0) is 40.6 Å². The first-order chi connectivity index (χ1) is 11.8. The lowest BCUT2D eigenvalue weighted by molar-refractivity contribution is 0.0716. The summed E-state index contributed by atoms with van der Waals surface area (Å²) in [5, 5.41) is 2.47. The van der Waals surface area contributed by atoms with Gasteiger partial charge in [0.1, 0.15) is 4.87 Å². The van der Waals surface area contributed by atoms with Crippen molar-refractivity contribution in [2.24, 2.45) is 0 Å². The van der Waals surface area contributed by atoms with E-state index in [0.29, 0.717) is 0 Å². The zero-order valence-corrected chi connectivity index (χ0v) is 14.1. The van der Waals surface area contributed by atoms with Crippen LogP contribution in [0.15, 0.2) is 66.7 Å². The van der Waals surface area contributed by atoms with Gasteiger partial charge in [0.15, 0.2) is 0 Å². The fourth-order valence-corrected chi connectivity index (χ4v) is 5.58. The Morgan fingerprint density at radius 3 is 2.62 bits per heavy atom. The Hall–Kier alpha value is -2.26. The number of nitrogens with zero attached hydrogens (tertiary/aromatic N) is 1. The van der Waals surface area contributed by atoms with Gasteiger partial charge in [-0.15, -0.1) is 11.8 Å². The molecule has 2 nitrogen and oxygen atoms in total. The summed E-state index contributed by atoms with van der Waals surface area (Å²) in [6.45, 7) is 0.827. The number of carbonyl (C=O) groups excluding carboxylic acids is 1. The van der Waals surface area contributed by atoms with Gasteiger partial charge < -0.3 is 4.90 Å². The Labute approximate surface area is 145 Å².